The van der Waals surface area contributed by atoms with Crippen LogP contribution in [0.15, 0.2) is 24.3 Å². The van der Waals surface area contributed by atoms with Crippen molar-refractivity contribution >= 4 is 29.6 Å². The molecular formula is C19H28N4O8. The number of hydrogen-bond donors (Lipinski definition) is 6. The van der Waals surface area contributed by atoms with Crippen molar-refractivity contribution in [3.63, 3.8) is 0 Å². The number of aliphatic carboxylic acids is 4. The molecule has 1 atom stereocenters. The predicted molar refractivity (Wildman–Crippen MR) is 110 cm³/mol. The zero-order valence-corrected chi connectivity index (χ0v) is 16.9. The summed E-state index contributed by atoms with van der Waals surface area (Å²) in [5.74, 6) is -4.58. The second-order valence-electron chi connectivity index (χ2n) is 7.04. The van der Waals surface area contributed by atoms with E-state index in [2.05, 4.69) is 5.32 Å². The molecule has 0 amide bonds. The Balaban J connectivity index is 2.87. The fourth-order valence-corrected chi connectivity index (χ4v) is 2.99. The third-order valence-electron chi connectivity index (χ3n) is 4.29. The quantitative estimate of drug-likeness (QED) is 0.167. The van der Waals surface area contributed by atoms with Crippen molar-refractivity contribution in [3.8, 4) is 0 Å². The number of benzene rings is 1. The first kappa shape index (κ1) is 25.8. The summed E-state index contributed by atoms with van der Waals surface area (Å²) in [6.07, 6.45) is 0.400. The van der Waals surface area contributed by atoms with E-state index in [0.29, 0.717) is 12.1 Å². The van der Waals surface area contributed by atoms with Crippen LogP contribution in [0.5, 0.6) is 0 Å². The Kier molecular flexibility index (Phi) is 11.0. The van der Waals surface area contributed by atoms with Gasteiger partial charge >= 0.3 is 23.9 Å². The first-order valence-corrected chi connectivity index (χ1v) is 9.44. The van der Waals surface area contributed by atoms with Crippen molar-refractivity contribution < 1.29 is 39.6 Å². The molecule has 1 aromatic carbocycles. The molecule has 1 unspecified atom stereocenters. The van der Waals surface area contributed by atoms with Crippen molar-refractivity contribution in [2.45, 2.75) is 12.5 Å². The number of nitrogens with two attached hydrogens (primary N) is 1. The molecule has 172 valence electrons. The molecule has 0 radical (unpaired) electrons. The molecule has 0 saturated carbocycles. The van der Waals surface area contributed by atoms with Gasteiger partial charge in [0.15, 0.2) is 0 Å². The predicted octanol–water partition coefficient (Wildman–Crippen LogP) is -1.29. The Hall–Kier alpha value is -3.22. The molecule has 0 bridgehead atoms. The number of nitrogens with one attached hydrogen (secondary N) is 1. The van der Waals surface area contributed by atoms with Gasteiger partial charge in [0.2, 0.25) is 0 Å². The fourth-order valence-electron chi connectivity index (χ4n) is 2.99. The lowest BCUT2D eigenvalue weighted by Gasteiger charge is -2.29. The number of carboxylic acids is 4. The minimum atomic E-state index is -1.20. The topological polar surface area (TPSA) is 194 Å². The summed E-state index contributed by atoms with van der Waals surface area (Å²) in [4.78, 5) is 46.9. The van der Waals surface area contributed by atoms with Crippen molar-refractivity contribution in [2.75, 3.05) is 51.5 Å². The average molecular weight is 440 g/mol. The second-order valence-corrected chi connectivity index (χ2v) is 7.04. The van der Waals surface area contributed by atoms with E-state index in [1.165, 1.54) is 9.80 Å². The zero-order chi connectivity index (χ0) is 23.4. The van der Waals surface area contributed by atoms with Crippen LogP contribution in [-0.4, -0.2) is 106 Å². The van der Waals surface area contributed by atoms with Gasteiger partial charge in [-0.25, -0.2) is 0 Å². The molecule has 0 aliphatic carbocycles. The molecular weight excluding hydrogens is 412 g/mol. The van der Waals surface area contributed by atoms with Gasteiger partial charge in [-0.15, -0.1) is 0 Å². The highest BCUT2D eigenvalue weighted by Crippen LogP contribution is 2.09. The monoisotopic (exact) mass is 440 g/mol. The summed E-state index contributed by atoms with van der Waals surface area (Å²) in [5, 5.41) is 39.0. The maximum Gasteiger partial charge on any atom is 0.317 e. The highest BCUT2D eigenvalue weighted by molar-refractivity contribution is 5.72. The minimum Gasteiger partial charge on any atom is -0.480 e. The first-order valence-electron chi connectivity index (χ1n) is 9.44. The Labute approximate surface area is 178 Å². The lowest BCUT2D eigenvalue weighted by molar-refractivity contribution is -0.143. The summed E-state index contributed by atoms with van der Waals surface area (Å²) in [6.45, 7) is -1.46. The molecule has 0 aliphatic rings. The molecule has 31 heavy (non-hydrogen) atoms. The van der Waals surface area contributed by atoms with Gasteiger partial charge in [0, 0.05) is 31.4 Å². The number of carboxylic acid groups (broad SMARTS) is 4. The van der Waals surface area contributed by atoms with E-state index in [0.717, 1.165) is 5.56 Å². The lowest BCUT2D eigenvalue weighted by Crippen LogP contribution is -2.48. The van der Waals surface area contributed by atoms with Gasteiger partial charge in [-0.3, -0.25) is 29.0 Å². The standard InChI is InChI=1S/C19H28N4O8/c20-14-3-1-13(2-4-14)7-15(21-8-16(24)25)9-22(10-17(26)27)5-6-23(11-18(28)29)12-19(30)31/h1-4,15,21H,5-12,20H2,(H,24,25)(H,26,27)(H,28,29)(H,30,31). The molecule has 0 aliphatic heterocycles. The normalized spacial score (nSPS) is 12.1. The number of nitrogen functional groups attached to an aromatic ring is 1. The second kappa shape index (κ2) is 13.2. The number of nitrogens with zero attached hydrogens (tertiary/aromatic N) is 2. The van der Waals surface area contributed by atoms with E-state index in [4.69, 9.17) is 21.1 Å². The maximum atomic E-state index is 11.3. The van der Waals surface area contributed by atoms with Gasteiger partial charge in [-0.05, 0) is 24.1 Å². The summed E-state index contributed by atoms with van der Waals surface area (Å²) in [7, 11) is 0. The zero-order valence-electron chi connectivity index (χ0n) is 16.9. The molecule has 1 aromatic rings. The molecule has 0 heterocycles. The SMILES string of the molecule is Nc1ccc(CC(CN(CCN(CC(=O)O)CC(=O)O)CC(=O)O)NCC(=O)O)cc1. The number of carbonyl (C=O) groups is 4. The summed E-state index contributed by atoms with van der Waals surface area (Å²) >= 11 is 0. The molecule has 1 rings (SSSR count). The lowest BCUT2D eigenvalue weighted by atomic mass is 10.0. The van der Waals surface area contributed by atoms with E-state index in [1.54, 1.807) is 24.3 Å². The Morgan fingerprint density at radius 3 is 1.77 bits per heavy atom. The highest BCUT2D eigenvalue weighted by atomic mass is 16.4. The van der Waals surface area contributed by atoms with E-state index in [-0.39, 0.29) is 32.7 Å². The van der Waals surface area contributed by atoms with Gasteiger partial charge in [0.25, 0.3) is 0 Å². The maximum absolute atomic E-state index is 11.3. The number of hydrogen-bond acceptors (Lipinski definition) is 8. The van der Waals surface area contributed by atoms with Crippen molar-refractivity contribution in [2.24, 2.45) is 0 Å². The molecule has 0 spiro atoms. The molecule has 0 saturated heterocycles. The van der Waals surface area contributed by atoms with Gasteiger partial charge in [0.05, 0.1) is 26.2 Å². The summed E-state index contributed by atoms with van der Waals surface area (Å²) in [6, 6.07) is 6.55. The Morgan fingerprint density at radius 2 is 1.29 bits per heavy atom. The number of anilines is 1. The molecule has 12 nitrogen and oxygen atoms in total. The molecule has 0 fully saturated rings. The largest absolute Gasteiger partial charge is 0.480 e. The van der Waals surface area contributed by atoms with Crippen LogP contribution in [0.3, 0.4) is 0 Å². The van der Waals surface area contributed by atoms with Gasteiger partial charge < -0.3 is 31.5 Å². The highest BCUT2D eigenvalue weighted by Gasteiger charge is 2.20. The van der Waals surface area contributed by atoms with Crippen LogP contribution in [0.4, 0.5) is 5.69 Å². The third kappa shape index (κ3) is 12.2. The van der Waals surface area contributed by atoms with E-state index in [1.807, 2.05) is 0 Å². The van der Waals surface area contributed by atoms with Crippen LogP contribution < -0.4 is 11.1 Å². The smallest absolute Gasteiger partial charge is 0.317 e. The molecule has 12 heteroatoms. The van der Waals surface area contributed by atoms with E-state index < -0.39 is 43.0 Å². The average Bonchev–Trinajstić information content (AvgIpc) is 2.64. The Bertz CT molecular complexity index is 740. The summed E-state index contributed by atoms with van der Waals surface area (Å²) in [5.41, 5.74) is 7.11. The van der Waals surface area contributed by atoms with Gasteiger partial charge in [-0.2, -0.15) is 0 Å². The van der Waals surface area contributed by atoms with Gasteiger partial charge in [-0.1, -0.05) is 12.1 Å². The Morgan fingerprint density at radius 1 is 0.806 bits per heavy atom. The van der Waals surface area contributed by atoms with Crippen molar-refractivity contribution in [3.05, 3.63) is 29.8 Å². The van der Waals surface area contributed by atoms with Crippen molar-refractivity contribution in [1.82, 2.24) is 15.1 Å². The van der Waals surface area contributed by atoms with E-state index >= 15 is 0 Å². The number of rotatable bonds is 16. The minimum absolute atomic E-state index is 0.0133. The van der Waals surface area contributed by atoms with Crippen LogP contribution in [0.2, 0.25) is 0 Å². The molecule has 7 N–H and O–H groups in total. The van der Waals surface area contributed by atoms with Crippen LogP contribution >= 0.6 is 0 Å². The van der Waals surface area contributed by atoms with Crippen molar-refractivity contribution in [1.29, 1.82) is 0 Å². The van der Waals surface area contributed by atoms with Crippen LogP contribution in [-0.2, 0) is 25.6 Å². The molecule has 0 aromatic heterocycles. The third-order valence-corrected chi connectivity index (χ3v) is 4.29. The van der Waals surface area contributed by atoms with Gasteiger partial charge in [0.1, 0.15) is 0 Å². The van der Waals surface area contributed by atoms with Crippen LogP contribution in [0.1, 0.15) is 5.56 Å². The van der Waals surface area contributed by atoms with Crippen LogP contribution in [0.25, 0.3) is 0 Å². The van der Waals surface area contributed by atoms with Crippen LogP contribution in [0, 0.1) is 0 Å². The van der Waals surface area contributed by atoms with E-state index in [9.17, 15) is 24.3 Å². The first-order chi connectivity index (χ1) is 14.5. The summed E-state index contributed by atoms with van der Waals surface area (Å²) < 4.78 is 0. The fraction of sp³-hybridized carbons (Fsp3) is 0.474.